The summed E-state index contributed by atoms with van der Waals surface area (Å²) in [6, 6.07) is 0. The molecule has 1 unspecified atom stereocenters. The topological polar surface area (TPSA) is 41.9 Å². The molecule has 4 nitrogen and oxygen atoms in total. The number of rotatable bonds is 5. The van der Waals surface area contributed by atoms with E-state index < -0.39 is 0 Å². The highest BCUT2D eigenvalue weighted by atomic mass is 15.2. The Balaban J connectivity index is 1.71. The van der Waals surface area contributed by atoms with Gasteiger partial charge >= 0.3 is 0 Å². The van der Waals surface area contributed by atoms with E-state index in [-0.39, 0.29) is 0 Å². The maximum absolute atomic E-state index is 4.31. The second-order valence-electron chi connectivity index (χ2n) is 4.46. The van der Waals surface area contributed by atoms with Crippen LogP contribution in [0.3, 0.4) is 0 Å². The van der Waals surface area contributed by atoms with E-state index in [9.17, 15) is 0 Å². The first-order valence-electron chi connectivity index (χ1n) is 6.36. The van der Waals surface area contributed by atoms with Crippen molar-refractivity contribution in [2.24, 2.45) is 5.92 Å². The van der Waals surface area contributed by atoms with Gasteiger partial charge in [-0.05, 0) is 45.2 Å². The average molecular weight is 222 g/mol. The van der Waals surface area contributed by atoms with Crippen LogP contribution >= 0.6 is 0 Å². The van der Waals surface area contributed by atoms with Crippen molar-refractivity contribution < 1.29 is 0 Å². The zero-order valence-electron chi connectivity index (χ0n) is 10.1. The van der Waals surface area contributed by atoms with E-state index in [2.05, 4.69) is 27.1 Å². The van der Waals surface area contributed by atoms with Crippen LogP contribution in [0, 0.1) is 5.92 Å². The van der Waals surface area contributed by atoms with Crippen LogP contribution in [0.5, 0.6) is 0 Å². The van der Waals surface area contributed by atoms with Crippen LogP contribution in [0.1, 0.15) is 26.2 Å². The highest BCUT2D eigenvalue weighted by Gasteiger charge is 2.12. The lowest BCUT2D eigenvalue weighted by Crippen LogP contribution is -2.30. The lowest BCUT2D eigenvalue weighted by molar-refractivity contribution is 0.364. The van der Waals surface area contributed by atoms with Crippen molar-refractivity contribution in [1.82, 2.24) is 14.9 Å². The normalized spacial score (nSPS) is 20.9. The molecule has 90 valence electrons. The van der Waals surface area contributed by atoms with E-state index in [0.29, 0.717) is 0 Å². The molecule has 1 aromatic heterocycles. The summed E-state index contributed by atoms with van der Waals surface area (Å²) in [4.78, 5) is 4.31. The summed E-state index contributed by atoms with van der Waals surface area (Å²) in [5, 5.41) is 6.87. The summed E-state index contributed by atoms with van der Waals surface area (Å²) in [5.41, 5.74) is 0. The van der Waals surface area contributed by atoms with E-state index >= 15 is 0 Å². The summed E-state index contributed by atoms with van der Waals surface area (Å²) in [5.74, 6) is 1.84. The average Bonchev–Trinajstić information content (AvgIpc) is 2.78. The van der Waals surface area contributed by atoms with Crippen LogP contribution in [0.15, 0.2) is 12.4 Å². The quantitative estimate of drug-likeness (QED) is 0.797. The van der Waals surface area contributed by atoms with Gasteiger partial charge in [-0.25, -0.2) is 4.98 Å². The van der Waals surface area contributed by atoms with Gasteiger partial charge in [0.2, 0.25) is 5.95 Å². The highest BCUT2D eigenvalue weighted by molar-refractivity contribution is 5.25. The van der Waals surface area contributed by atoms with Gasteiger partial charge in [-0.2, -0.15) is 0 Å². The van der Waals surface area contributed by atoms with E-state index in [0.717, 1.165) is 25.0 Å². The van der Waals surface area contributed by atoms with Crippen LogP contribution < -0.4 is 10.6 Å². The molecule has 1 aliphatic heterocycles. The molecule has 0 aromatic carbocycles. The monoisotopic (exact) mass is 222 g/mol. The lowest BCUT2D eigenvalue weighted by Gasteiger charge is -2.22. The van der Waals surface area contributed by atoms with Gasteiger partial charge in [0, 0.05) is 25.5 Å². The number of imidazole rings is 1. The Labute approximate surface area is 97.4 Å². The van der Waals surface area contributed by atoms with Crippen molar-refractivity contribution in [3.8, 4) is 0 Å². The number of nitrogens with zero attached hydrogens (tertiary/aromatic N) is 2. The smallest absolute Gasteiger partial charge is 0.202 e. The molecule has 1 atom stereocenters. The molecule has 2 heterocycles. The maximum Gasteiger partial charge on any atom is 0.202 e. The van der Waals surface area contributed by atoms with Gasteiger partial charge in [-0.15, -0.1) is 0 Å². The number of piperidine rings is 1. The largest absolute Gasteiger partial charge is 0.356 e. The summed E-state index contributed by atoms with van der Waals surface area (Å²) < 4.78 is 2.14. The molecular formula is C12H22N4. The first kappa shape index (κ1) is 11.5. The number of anilines is 1. The Kier molecular flexibility index (Phi) is 4.22. The molecular weight excluding hydrogens is 200 g/mol. The third-order valence-corrected chi connectivity index (χ3v) is 3.29. The van der Waals surface area contributed by atoms with Gasteiger partial charge in [-0.3, -0.25) is 0 Å². The van der Waals surface area contributed by atoms with Crippen molar-refractivity contribution >= 4 is 5.95 Å². The molecule has 0 amide bonds. The fourth-order valence-corrected chi connectivity index (χ4v) is 2.29. The summed E-state index contributed by atoms with van der Waals surface area (Å²) in [6.07, 6.45) is 7.81. The van der Waals surface area contributed by atoms with Gasteiger partial charge in [0.15, 0.2) is 0 Å². The lowest BCUT2D eigenvalue weighted by atomic mass is 9.96. The molecule has 0 radical (unpaired) electrons. The molecule has 0 bridgehead atoms. The first-order valence-corrected chi connectivity index (χ1v) is 6.36. The minimum atomic E-state index is 0.839. The Hall–Kier alpha value is -1.03. The van der Waals surface area contributed by atoms with Gasteiger partial charge < -0.3 is 15.2 Å². The van der Waals surface area contributed by atoms with Crippen LogP contribution in [0.2, 0.25) is 0 Å². The molecule has 0 spiro atoms. The van der Waals surface area contributed by atoms with Crippen molar-refractivity contribution in [1.29, 1.82) is 0 Å². The van der Waals surface area contributed by atoms with Crippen molar-refractivity contribution in [3.05, 3.63) is 12.4 Å². The van der Waals surface area contributed by atoms with Gasteiger partial charge in [0.25, 0.3) is 0 Å². The summed E-state index contributed by atoms with van der Waals surface area (Å²) in [7, 11) is 0. The van der Waals surface area contributed by atoms with Crippen molar-refractivity contribution in [3.63, 3.8) is 0 Å². The predicted molar refractivity (Wildman–Crippen MR) is 66.6 cm³/mol. The number of aromatic nitrogens is 2. The van der Waals surface area contributed by atoms with Crippen LogP contribution in [0.4, 0.5) is 5.95 Å². The standard InChI is InChI=1S/C12H22N4/c1-2-16-9-8-15-12(16)14-7-5-11-4-3-6-13-10-11/h8-9,11,13H,2-7,10H2,1H3,(H,14,15). The number of hydrogen-bond acceptors (Lipinski definition) is 3. The van der Waals surface area contributed by atoms with E-state index in [1.165, 1.54) is 32.4 Å². The van der Waals surface area contributed by atoms with E-state index in [4.69, 9.17) is 0 Å². The molecule has 1 fully saturated rings. The molecule has 16 heavy (non-hydrogen) atoms. The Morgan fingerprint density at radius 2 is 2.56 bits per heavy atom. The third-order valence-electron chi connectivity index (χ3n) is 3.29. The molecule has 0 aliphatic carbocycles. The first-order chi connectivity index (χ1) is 7.90. The zero-order chi connectivity index (χ0) is 11.2. The fraction of sp³-hybridized carbons (Fsp3) is 0.750. The highest BCUT2D eigenvalue weighted by Crippen LogP contribution is 2.14. The predicted octanol–water partition coefficient (Wildman–Crippen LogP) is 1.70. The minimum absolute atomic E-state index is 0.839. The molecule has 2 N–H and O–H groups in total. The third kappa shape index (κ3) is 2.98. The second kappa shape index (κ2) is 5.89. The van der Waals surface area contributed by atoms with Gasteiger partial charge in [0.1, 0.15) is 0 Å². The molecule has 1 saturated heterocycles. The van der Waals surface area contributed by atoms with Crippen molar-refractivity contribution in [2.45, 2.75) is 32.7 Å². The minimum Gasteiger partial charge on any atom is -0.356 e. The SMILES string of the molecule is CCn1ccnc1NCCC1CCCNC1. The molecule has 4 heteroatoms. The molecule has 2 rings (SSSR count). The fourth-order valence-electron chi connectivity index (χ4n) is 2.29. The Morgan fingerprint density at radius 1 is 1.62 bits per heavy atom. The summed E-state index contributed by atoms with van der Waals surface area (Å²) in [6.45, 7) is 6.53. The van der Waals surface area contributed by atoms with Gasteiger partial charge in [0.05, 0.1) is 0 Å². The molecule has 1 aromatic rings. The van der Waals surface area contributed by atoms with E-state index in [1.54, 1.807) is 0 Å². The maximum atomic E-state index is 4.31. The Morgan fingerprint density at radius 3 is 3.31 bits per heavy atom. The number of aryl methyl sites for hydroxylation is 1. The molecule has 1 aliphatic rings. The van der Waals surface area contributed by atoms with Gasteiger partial charge in [-0.1, -0.05) is 0 Å². The van der Waals surface area contributed by atoms with Crippen LogP contribution in [-0.4, -0.2) is 29.2 Å². The summed E-state index contributed by atoms with van der Waals surface area (Å²) >= 11 is 0. The van der Waals surface area contributed by atoms with Crippen LogP contribution in [0.25, 0.3) is 0 Å². The zero-order valence-corrected chi connectivity index (χ0v) is 10.1. The number of hydrogen-bond donors (Lipinski definition) is 2. The van der Waals surface area contributed by atoms with E-state index in [1.807, 2.05) is 12.4 Å². The second-order valence-corrected chi connectivity index (χ2v) is 4.46. The van der Waals surface area contributed by atoms with Crippen LogP contribution in [-0.2, 0) is 6.54 Å². The molecule has 0 saturated carbocycles. The Bertz CT molecular complexity index is 302. The van der Waals surface area contributed by atoms with Crippen molar-refractivity contribution in [2.75, 3.05) is 25.0 Å². The number of nitrogens with one attached hydrogen (secondary N) is 2.